The van der Waals surface area contributed by atoms with Crippen LogP contribution in [-0.2, 0) is 12.6 Å². The molecule has 150 valence electrons. The highest BCUT2D eigenvalue weighted by atomic mass is 19.4. The number of H-pyrrole nitrogens is 1. The third-order valence-corrected chi connectivity index (χ3v) is 5.24. The lowest BCUT2D eigenvalue weighted by atomic mass is 9.89. The van der Waals surface area contributed by atoms with E-state index in [1.165, 1.54) is 12.1 Å². The molecule has 1 fully saturated rings. The number of rotatable bonds is 4. The number of alkyl halides is 3. The minimum atomic E-state index is -4.44. The van der Waals surface area contributed by atoms with Crippen molar-refractivity contribution in [2.24, 2.45) is 5.92 Å². The average molecular weight is 393 g/mol. The van der Waals surface area contributed by atoms with Crippen molar-refractivity contribution in [3.63, 3.8) is 0 Å². The smallest absolute Gasteiger partial charge is 0.337 e. The molecule has 1 unspecified atom stereocenters. The Labute approximate surface area is 160 Å². The van der Waals surface area contributed by atoms with E-state index in [0.717, 1.165) is 29.8 Å². The Morgan fingerprint density at radius 1 is 1.25 bits per heavy atom. The summed E-state index contributed by atoms with van der Waals surface area (Å²) in [4.78, 5) is 27.2. The first-order valence-corrected chi connectivity index (χ1v) is 9.27. The fourth-order valence-electron chi connectivity index (χ4n) is 3.57. The minimum Gasteiger partial charge on any atom is -0.337 e. The fraction of sp³-hybridized carbons (Fsp3) is 0.450. The second-order valence-electron chi connectivity index (χ2n) is 7.06. The summed E-state index contributed by atoms with van der Waals surface area (Å²) in [7, 11) is 0. The Balaban J connectivity index is 1.73. The predicted molar refractivity (Wildman–Crippen MR) is 97.1 cm³/mol. The lowest BCUT2D eigenvalue weighted by Crippen LogP contribution is -2.42. The van der Waals surface area contributed by atoms with E-state index in [9.17, 15) is 22.8 Å². The van der Waals surface area contributed by atoms with E-state index < -0.39 is 17.7 Å². The Bertz CT molecular complexity index is 872. The third-order valence-electron chi connectivity index (χ3n) is 5.24. The van der Waals surface area contributed by atoms with Crippen LogP contribution in [-0.4, -0.2) is 39.9 Å². The van der Waals surface area contributed by atoms with Crippen molar-refractivity contribution in [3.05, 3.63) is 52.3 Å². The van der Waals surface area contributed by atoms with Crippen LogP contribution in [0.4, 0.5) is 13.2 Å². The van der Waals surface area contributed by atoms with Gasteiger partial charge in [0.25, 0.3) is 5.91 Å². The summed E-state index contributed by atoms with van der Waals surface area (Å²) >= 11 is 0. The number of aromatic amines is 1. The Kier molecular flexibility index (Phi) is 5.58. The Morgan fingerprint density at radius 3 is 2.50 bits per heavy atom. The summed E-state index contributed by atoms with van der Waals surface area (Å²) in [6.45, 7) is 4.58. The van der Waals surface area contributed by atoms with Crippen LogP contribution in [0.15, 0.2) is 24.3 Å². The molecule has 2 heterocycles. The van der Waals surface area contributed by atoms with Crippen molar-refractivity contribution in [3.8, 4) is 0 Å². The van der Waals surface area contributed by atoms with Crippen molar-refractivity contribution < 1.29 is 22.8 Å². The highest BCUT2D eigenvalue weighted by Crippen LogP contribution is 2.30. The highest BCUT2D eigenvalue weighted by molar-refractivity contribution is 5.99. The second-order valence-corrected chi connectivity index (χ2v) is 7.06. The fourth-order valence-corrected chi connectivity index (χ4v) is 3.57. The second kappa shape index (κ2) is 7.77. The summed E-state index contributed by atoms with van der Waals surface area (Å²) < 4.78 is 38.1. The molecule has 8 heteroatoms. The minimum absolute atomic E-state index is 0.224. The average Bonchev–Trinajstić information content (AvgIpc) is 3.06. The lowest BCUT2D eigenvalue weighted by molar-refractivity contribution is -0.137. The first-order valence-electron chi connectivity index (χ1n) is 9.27. The SMILES string of the molecule is CCc1[nH]nc(C(=O)N2CCCC(C(=O)c3ccc(C(F)(F)F)cc3)C2)c1C. The maximum absolute atomic E-state index is 12.8. The maximum atomic E-state index is 12.8. The van der Waals surface area contributed by atoms with Crippen LogP contribution in [0.3, 0.4) is 0 Å². The quantitative estimate of drug-likeness (QED) is 0.798. The lowest BCUT2D eigenvalue weighted by Gasteiger charge is -2.31. The first kappa shape index (κ1) is 20.1. The molecule has 28 heavy (non-hydrogen) atoms. The molecule has 1 aliphatic heterocycles. The molecule has 1 atom stereocenters. The molecule has 0 bridgehead atoms. The molecular formula is C20H22F3N3O2. The number of likely N-dealkylation sites (tertiary alicyclic amines) is 1. The third kappa shape index (κ3) is 3.95. The molecule has 3 rings (SSSR count). The van der Waals surface area contributed by atoms with Gasteiger partial charge in [0.2, 0.25) is 0 Å². The van der Waals surface area contributed by atoms with E-state index in [-0.39, 0.29) is 23.8 Å². The van der Waals surface area contributed by atoms with Gasteiger partial charge in [0.1, 0.15) is 0 Å². The number of nitrogens with one attached hydrogen (secondary N) is 1. The predicted octanol–water partition coefficient (Wildman–Crippen LogP) is 4.03. The van der Waals surface area contributed by atoms with E-state index in [2.05, 4.69) is 10.2 Å². The van der Waals surface area contributed by atoms with E-state index in [0.29, 0.717) is 25.1 Å². The van der Waals surface area contributed by atoms with Crippen LogP contribution >= 0.6 is 0 Å². The van der Waals surface area contributed by atoms with Gasteiger partial charge in [0.05, 0.1) is 5.56 Å². The molecular weight excluding hydrogens is 371 g/mol. The zero-order valence-electron chi connectivity index (χ0n) is 15.8. The molecule has 0 saturated carbocycles. The number of ketones is 1. The number of benzene rings is 1. The molecule has 1 aliphatic rings. The maximum Gasteiger partial charge on any atom is 0.416 e. The molecule has 1 aromatic heterocycles. The summed E-state index contributed by atoms with van der Waals surface area (Å²) in [6.07, 6.45) is -2.44. The van der Waals surface area contributed by atoms with Gasteiger partial charge >= 0.3 is 6.18 Å². The zero-order valence-corrected chi connectivity index (χ0v) is 15.8. The number of piperidine rings is 1. The topological polar surface area (TPSA) is 66.1 Å². The Morgan fingerprint density at radius 2 is 1.93 bits per heavy atom. The molecule has 1 saturated heterocycles. The van der Waals surface area contributed by atoms with Crippen molar-refractivity contribution in [1.29, 1.82) is 0 Å². The van der Waals surface area contributed by atoms with Crippen LogP contribution in [0.1, 0.15) is 57.4 Å². The normalized spacial score (nSPS) is 17.6. The molecule has 0 spiro atoms. The summed E-state index contributed by atoms with van der Waals surface area (Å²) in [5.74, 6) is -0.892. The number of carbonyl (C=O) groups excluding carboxylic acids is 2. The number of amides is 1. The largest absolute Gasteiger partial charge is 0.416 e. The zero-order chi connectivity index (χ0) is 20.5. The van der Waals surface area contributed by atoms with Gasteiger partial charge in [-0.05, 0) is 38.3 Å². The number of aryl methyl sites for hydroxylation is 1. The van der Waals surface area contributed by atoms with Crippen LogP contribution < -0.4 is 0 Å². The van der Waals surface area contributed by atoms with Crippen LogP contribution in [0.5, 0.6) is 0 Å². The van der Waals surface area contributed by atoms with Crippen molar-refractivity contribution in [1.82, 2.24) is 15.1 Å². The number of halogens is 3. The number of hydrogen-bond acceptors (Lipinski definition) is 3. The number of nitrogens with zero attached hydrogens (tertiary/aromatic N) is 2. The molecule has 5 nitrogen and oxygen atoms in total. The van der Waals surface area contributed by atoms with Crippen molar-refractivity contribution >= 4 is 11.7 Å². The van der Waals surface area contributed by atoms with Crippen LogP contribution in [0, 0.1) is 12.8 Å². The first-order chi connectivity index (χ1) is 13.2. The monoisotopic (exact) mass is 393 g/mol. The molecule has 0 aliphatic carbocycles. The summed E-state index contributed by atoms with van der Waals surface area (Å²) in [6, 6.07) is 4.24. The van der Waals surface area contributed by atoms with E-state index in [4.69, 9.17) is 0 Å². The molecule has 2 aromatic rings. The van der Waals surface area contributed by atoms with Crippen LogP contribution in [0.25, 0.3) is 0 Å². The highest BCUT2D eigenvalue weighted by Gasteiger charge is 2.33. The van der Waals surface area contributed by atoms with Gasteiger partial charge in [-0.25, -0.2) is 0 Å². The van der Waals surface area contributed by atoms with E-state index in [1.54, 1.807) is 4.90 Å². The van der Waals surface area contributed by atoms with Gasteiger partial charge in [0.15, 0.2) is 11.5 Å². The van der Waals surface area contributed by atoms with Crippen molar-refractivity contribution in [2.75, 3.05) is 13.1 Å². The van der Waals surface area contributed by atoms with Gasteiger partial charge in [-0.2, -0.15) is 18.3 Å². The molecule has 1 N–H and O–H groups in total. The van der Waals surface area contributed by atoms with Gasteiger partial charge < -0.3 is 4.90 Å². The standard InChI is InChI=1S/C20H22F3N3O2/c1-3-16-12(2)17(25-24-16)19(28)26-10-4-5-14(11-26)18(27)13-6-8-15(9-7-13)20(21,22)23/h6-9,14H,3-5,10-11H2,1-2H3,(H,24,25). The van der Waals surface area contributed by atoms with Crippen LogP contribution in [0.2, 0.25) is 0 Å². The number of Topliss-reactive ketones (excluding diaryl/α,β-unsaturated/α-hetero) is 1. The summed E-state index contributed by atoms with van der Waals surface area (Å²) in [5, 5.41) is 6.98. The van der Waals surface area contributed by atoms with E-state index in [1.807, 2.05) is 13.8 Å². The molecule has 0 radical (unpaired) electrons. The van der Waals surface area contributed by atoms with Gasteiger partial charge in [0, 0.05) is 35.8 Å². The van der Waals surface area contributed by atoms with Crippen molar-refractivity contribution in [2.45, 2.75) is 39.3 Å². The Hall–Kier alpha value is -2.64. The molecule has 1 aromatic carbocycles. The van der Waals surface area contributed by atoms with E-state index >= 15 is 0 Å². The number of aromatic nitrogens is 2. The number of carbonyl (C=O) groups is 2. The molecule has 1 amide bonds. The summed E-state index contributed by atoms with van der Waals surface area (Å²) in [5.41, 5.74) is 1.52. The van der Waals surface area contributed by atoms with Gasteiger partial charge in [-0.15, -0.1) is 0 Å². The number of hydrogen-bond donors (Lipinski definition) is 1. The van der Waals surface area contributed by atoms with Gasteiger partial charge in [-0.1, -0.05) is 19.1 Å². The van der Waals surface area contributed by atoms with Gasteiger partial charge in [-0.3, -0.25) is 14.7 Å².